The largest absolute Gasteiger partial charge is 0.355 e. The van der Waals surface area contributed by atoms with Crippen molar-refractivity contribution in [2.75, 3.05) is 13.1 Å². The van der Waals surface area contributed by atoms with Crippen LogP contribution in [0.4, 0.5) is 0 Å². The molecule has 0 unspecified atom stereocenters. The number of rotatable bonds is 7. The van der Waals surface area contributed by atoms with E-state index in [1.54, 1.807) is 0 Å². The normalized spacial score (nSPS) is 16.9. The molecule has 0 bridgehead atoms. The standard InChI is InChI=1S/C12H24N2O/c13-9-10-14-12(15)8-4-3-7-11-5-1-2-6-11/h11H,1-10,13H2,(H,14,15). The fourth-order valence-corrected chi connectivity index (χ4v) is 2.32. The van der Waals surface area contributed by atoms with E-state index in [4.69, 9.17) is 5.73 Å². The topological polar surface area (TPSA) is 55.1 Å². The average molecular weight is 212 g/mol. The maximum atomic E-state index is 11.2. The zero-order valence-corrected chi connectivity index (χ0v) is 9.63. The molecule has 15 heavy (non-hydrogen) atoms. The summed E-state index contributed by atoms with van der Waals surface area (Å²) in [6, 6.07) is 0. The van der Waals surface area contributed by atoms with Gasteiger partial charge in [-0.2, -0.15) is 0 Å². The van der Waals surface area contributed by atoms with Crippen LogP contribution in [0.25, 0.3) is 0 Å². The van der Waals surface area contributed by atoms with Crippen LogP contribution in [0.15, 0.2) is 0 Å². The van der Waals surface area contributed by atoms with Crippen molar-refractivity contribution < 1.29 is 4.79 Å². The lowest BCUT2D eigenvalue weighted by molar-refractivity contribution is -0.121. The smallest absolute Gasteiger partial charge is 0.220 e. The molecular formula is C12H24N2O. The number of hydrogen-bond acceptors (Lipinski definition) is 2. The van der Waals surface area contributed by atoms with E-state index in [0.29, 0.717) is 19.5 Å². The highest BCUT2D eigenvalue weighted by Gasteiger charge is 2.14. The molecule has 0 saturated heterocycles. The van der Waals surface area contributed by atoms with Gasteiger partial charge in [0.05, 0.1) is 0 Å². The van der Waals surface area contributed by atoms with Gasteiger partial charge in [-0.3, -0.25) is 4.79 Å². The quantitative estimate of drug-likeness (QED) is 0.632. The Bertz CT molecular complexity index is 176. The van der Waals surface area contributed by atoms with Crippen molar-refractivity contribution in [3.8, 4) is 0 Å². The van der Waals surface area contributed by atoms with Gasteiger partial charge in [-0.25, -0.2) is 0 Å². The molecule has 0 aromatic heterocycles. The molecule has 0 aromatic rings. The zero-order valence-electron chi connectivity index (χ0n) is 9.63. The molecule has 1 saturated carbocycles. The van der Waals surface area contributed by atoms with Crippen LogP contribution in [0.3, 0.4) is 0 Å². The molecule has 3 nitrogen and oxygen atoms in total. The fraction of sp³-hybridized carbons (Fsp3) is 0.917. The van der Waals surface area contributed by atoms with Crippen molar-refractivity contribution in [3.63, 3.8) is 0 Å². The van der Waals surface area contributed by atoms with Crippen LogP contribution >= 0.6 is 0 Å². The molecule has 0 aliphatic heterocycles. The molecule has 0 atom stereocenters. The van der Waals surface area contributed by atoms with Gasteiger partial charge < -0.3 is 11.1 Å². The number of hydrogen-bond donors (Lipinski definition) is 2. The van der Waals surface area contributed by atoms with E-state index in [0.717, 1.165) is 12.3 Å². The van der Waals surface area contributed by atoms with Crippen LogP contribution in [0.1, 0.15) is 51.4 Å². The van der Waals surface area contributed by atoms with Crippen molar-refractivity contribution in [2.24, 2.45) is 11.7 Å². The molecule has 0 aromatic carbocycles. The molecule has 3 N–H and O–H groups in total. The van der Waals surface area contributed by atoms with Gasteiger partial charge in [-0.1, -0.05) is 38.5 Å². The Balaban J connectivity index is 1.89. The summed E-state index contributed by atoms with van der Waals surface area (Å²) in [6.45, 7) is 1.15. The second-order valence-corrected chi connectivity index (χ2v) is 4.53. The number of nitrogens with one attached hydrogen (secondary N) is 1. The summed E-state index contributed by atoms with van der Waals surface area (Å²) >= 11 is 0. The van der Waals surface area contributed by atoms with Gasteiger partial charge in [0.15, 0.2) is 0 Å². The van der Waals surface area contributed by atoms with Crippen molar-refractivity contribution in [1.82, 2.24) is 5.32 Å². The van der Waals surface area contributed by atoms with Crippen molar-refractivity contribution in [2.45, 2.75) is 51.4 Å². The van der Waals surface area contributed by atoms with Gasteiger partial charge in [0.1, 0.15) is 0 Å². The lowest BCUT2D eigenvalue weighted by atomic mass is 10.00. The van der Waals surface area contributed by atoms with E-state index >= 15 is 0 Å². The van der Waals surface area contributed by atoms with Crippen LogP contribution in [0, 0.1) is 5.92 Å². The minimum Gasteiger partial charge on any atom is -0.355 e. The molecule has 1 aliphatic carbocycles. The number of carbonyl (C=O) groups excluding carboxylic acids is 1. The van der Waals surface area contributed by atoms with Gasteiger partial charge in [0.25, 0.3) is 0 Å². The maximum absolute atomic E-state index is 11.2. The number of amides is 1. The van der Waals surface area contributed by atoms with Crippen LogP contribution in [-0.2, 0) is 4.79 Å². The van der Waals surface area contributed by atoms with Crippen LogP contribution in [-0.4, -0.2) is 19.0 Å². The fourth-order valence-electron chi connectivity index (χ4n) is 2.32. The average Bonchev–Trinajstić information content (AvgIpc) is 2.74. The van der Waals surface area contributed by atoms with Crippen molar-refractivity contribution >= 4 is 5.91 Å². The summed E-state index contributed by atoms with van der Waals surface area (Å²) in [5.41, 5.74) is 5.30. The van der Waals surface area contributed by atoms with Crippen molar-refractivity contribution in [1.29, 1.82) is 0 Å². The molecule has 1 rings (SSSR count). The Morgan fingerprint density at radius 2 is 2.00 bits per heavy atom. The monoisotopic (exact) mass is 212 g/mol. The van der Waals surface area contributed by atoms with Crippen LogP contribution in [0.5, 0.6) is 0 Å². The summed E-state index contributed by atoms with van der Waals surface area (Å²) < 4.78 is 0. The first-order chi connectivity index (χ1) is 7.33. The van der Waals surface area contributed by atoms with Gasteiger partial charge in [0.2, 0.25) is 5.91 Å². The van der Waals surface area contributed by atoms with E-state index in [1.165, 1.54) is 38.5 Å². The highest BCUT2D eigenvalue weighted by Crippen LogP contribution is 2.28. The van der Waals surface area contributed by atoms with Gasteiger partial charge in [-0.15, -0.1) is 0 Å². The van der Waals surface area contributed by atoms with Gasteiger partial charge >= 0.3 is 0 Å². The minimum atomic E-state index is 0.159. The van der Waals surface area contributed by atoms with Crippen LogP contribution in [0.2, 0.25) is 0 Å². The zero-order chi connectivity index (χ0) is 10.9. The van der Waals surface area contributed by atoms with Gasteiger partial charge in [-0.05, 0) is 12.3 Å². The summed E-state index contributed by atoms with van der Waals surface area (Å²) in [5, 5.41) is 2.80. The first kappa shape index (κ1) is 12.5. The molecule has 1 amide bonds. The van der Waals surface area contributed by atoms with Crippen molar-refractivity contribution in [3.05, 3.63) is 0 Å². The predicted octanol–water partition coefficient (Wildman–Crippen LogP) is 1.81. The first-order valence-corrected chi connectivity index (χ1v) is 6.29. The number of unbranched alkanes of at least 4 members (excludes halogenated alkanes) is 1. The van der Waals surface area contributed by atoms with E-state index in [2.05, 4.69) is 5.32 Å². The minimum absolute atomic E-state index is 0.159. The SMILES string of the molecule is NCCNC(=O)CCCCC1CCCC1. The molecule has 0 heterocycles. The Morgan fingerprint density at radius 3 is 2.67 bits per heavy atom. The molecule has 1 fully saturated rings. The molecule has 0 radical (unpaired) electrons. The van der Waals surface area contributed by atoms with E-state index in [1.807, 2.05) is 0 Å². The molecular weight excluding hydrogens is 188 g/mol. The van der Waals surface area contributed by atoms with E-state index in [9.17, 15) is 4.79 Å². The highest BCUT2D eigenvalue weighted by atomic mass is 16.1. The van der Waals surface area contributed by atoms with Crippen LogP contribution < -0.4 is 11.1 Å². The van der Waals surface area contributed by atoms with E-state index in [-0.39, 0.29) is 5.91 Å². The number of nitrogens with two attached hydrogens (primary N) is 1. The Kier molecular flexibility index (Phi) is 6.41. The number of carbonyl (C=O) groups is 1. The Labute approximate surface area is 92.8 Å². The Morgan fingerprint density at radius 1 is 1.27 bits per heavy atom. The van der Waals surface area contributed by atoms with Gasteiger partial charge in [0, 0.05) is 19.5 Å². The van der Waals surface area contributed by atoms with E-state index < -0.39 is 0 Å². The second-order valence-electron chi connectivity index (χ2n) is 4.53. The predicted molar refractivity (Wildman–Crippen MR) is 62.5 cm³/mol. The summed E-state index contributed by atoms with van der Waals surface area (Å²) in [5.74, 6) is 1.11. The third kappa shape index (κ3) is 5.78. The third-order valence-electron chi connectivity index (χ3n) is 3.21. The Hall–Kier alpha value is -0.570. The lowest BCUT2D eigenvalue weighted by Gasteiger charge is -2.08. The third-order valence-corrected chi connectivity index (χ3v) is 3.21. The second kappa shape index (κ2) is 7.69. The lowest BCUT2D eigenvalue weighted by Crippen LogP contribution is -2.28. The summed E-state index contributed by atoms with van der Waals surface area (Å²) in [6.07, 6.45) is 9.91. The highest BCUT2D eigenvalue weighted by molar-refractivity contribution is 5.75. The summed E-state index contributed by atoms with van der Waals surface area (Å²) in [4.78, 5) is 11.2. The molecule has 3 heteroatoms. The first-order valence-electron chi connectivity index (χ1n) is 6.29. The maximum Gasteiger partial charge on any atom is 0.220 e. The summed E-state index contributed by atoms with van der Waals surface area (Å²) in [7, 11) is 0. The molecule has 0 spiro atoms. The molecule has 88 valence electrons. The molecule has 1 aliphatic rings.